The average Bonchev–Trinajstić information content (AvgIpc) is 2.86. The highest BCUT2D eigenvalue weighted by atomic mass is 16.5. The Morgan fingerprint density at radius 3 is 2.79 bits per heavy atom. The van der Waals surface area contributed by atoms with Gasteiger partial charge in [-0.05, 0) is 36.6 Å². The normalized spacial score (nSPS) is 10.5. The van der Waals surface area contributed by atoms with E-state index < -0.39 is 0 Å². The number of methoxy groups -OCH3 is 1. The molecule has 0 aliphatic heterocycles. The van der Waals surface area contributed by atoms with E-state index in [-0.39, 0.29) is 0 Å². The molecule has 0 amide bonds. The quantitative estimate of drug-likeness (QED) is 0.774. The lowest BCUT2D eigenvalue weighted by atomic mass is 10.0. The number of aldehydes is 1. The Hall–Kier alpha value is -2.10. The first-order valence-corrected chi connectivity index (χ1v) is 6.36. The Kier molecular flexibility index (Phi) is 4.00. The Bertz CT molecular complexity index is 588. The second kappa shape index (κ2) is 5.69. The third kappa shape index (κ3) is 2.67. The first-order valence-electron chi connectivity index (χ1n) is 6.36. The molecule has 0 fully saturated rings. The van der Waals surface area contributed by atoms with E-state index in [1.54, 1.807) is 7.11 Å². The Morgan fingerprint density at radius 1 is 1.37 bits per heavy atom. The SMILES string of the molecule is CCCn1cc(-c2cc(C)c(OC)c(C=O)c2)cn1. The lowest BCUT2D eigenvalue weighted by Crippen LogP contribution is -1.96. The monoisotopic (exact) mass is 258 g/mol. The van der Waals surface area contributed by atoms with Crippen molar-refractivity contribution in [1.29, 1.82) is 0 Å². The summed E-state index contributed by atoms with van der Waals surface area (Å²) < 4.78 is 7.16. The molecule has 0 bridgehead atoms. The van der Waals surface area contributed by atoms with Crippen LogP contribution in [0.4, 0.5) is 0 Å². The zero-order chi connectivity index (χ0) is 13.8. The largest absolute Gasteiger partial charge is 0.496 e. The Labute approximate surface area is 113 Å². The highest BCUT2D eigenvalue weighted by Crippen LogP contribution is 2.29. The number of rotatable bonds is 5. The van der Waals surface area contributed by atoms with E-state index in [9.17, 15) is 4.79 Å². The summed E-state index contributed by atoms with van der Waals surface area (Å²) in [7, 11) is 1.58. The molecule has 4 nitrogen and oxygen atoms in total. The lowest BCUT2D eigenvalue weighted by Gasteiger charge is -2.09. The highest BCUT2D eigenvalue weighted by Gasteiger charge is 2.10. The van der Waals surface area contributed by atoms with Crippen LogP contribution in [0.2, 0.25) is 0 Å². The number of nitrogens with zero attached hydrogens (tertiary/aromatic N) is 2. The number of ether oxygens (including phenoxy) is 1. The smallest absolute Gasteiger partial charge is 0.153 e. The topological polar surface area (TPSA) is 44.1 Å². The van der Waals surface area contributed by atoms with Gasteiger partial charge in [0, 0.05) is 18.3 Å². The molecular weight excluding hydrogens is 240 g/mol. The first kappa shape index (κ1) is 13.3. The molecular formula is C15H18N2O2. The van der Waals surface area contributed by atoms with Crippen LogP contribution in [0.15, 0.2) is 24.5 Å². The summed E-state index contributed by atoms with van der Waals surface area (Å²) in [6.07, 6.45) is 5.69. The summed E-state index contributed by atoms with van der Waals surface area (Å²) >= 11 is 0. The molecule has 0 saturated carbocycles. The number of carbonyl (C=O) groups is 1. The number of hydrogen-bond donors (Lipinski definition) is 0. The average molecular weight is 258 g/mol. The Balaban J connectivity index is 2.44. The van der Waals surface area contributed by atoms with Crippen LogP contribution in [-0.2, 0) is 6.54 Å². The second-order valence-electron chi connectivity index (χ2n) is 4.53. The maximum absolute atomic E-state index is 11.1. The minimum atomic E-state index is 0.570. The third-order valence-corrected chi connectivity index (χ3v) is 3.05. The maximum Gasteiger partial charge on any atom is 0.153 e. The number of benzene rings is 1. The number of aromatic nitrogens is 2. The fraction of sp³-hybridized carbons (Fsp3) is 0.333. The maximum atomic E-state index is 11.1. The van der Waals surface area contributed by atoms with Gasteiger partial charge in [-0.1, -0.05) is 6.92 Å². The molecule has 19 heavy (non-hydrogen) atoms. The van der Waals surface area contributed by atoms with E-state index in [4.69, 9.17) is 4.74 Å². The van der Waals surface area contributed by atoms with Gasteiger partial charge in [-0.3, -0.25) is 9.48 Å². The molecule has 1 aromatic carbocycles. The van der Waals surface area contributed by atoms with E-state index in [0.717, 1.165) is 35.9 Å². The minimum absolute atomic E-state index is 0.570. The summed E-state index contributed by atoms with van der Waals surface area (Å²) in [5.41, 5.74) is 3.52. The predicted octanol–water partition coefficient (Wildman–Crippen LogP) is 3.09. The van der Waals surface area contributed by atoms with E-state index in [1.807, 2.05) is 36.1 Å². The van der Waals surface area contributed by atoms with Gasteiger partial charge in [0.25, 0.3) is 0 Å². The summed E-state index contributed by atoms with van der Waals surface area (Å²) in [5, 5.41) is 4.31. The highest BCUT2D eigenvalue weighted by molar-refractivity contribution is 5.84. The van der Waals surface area contributed by atoms with Crippen LogP contribution in [0.1, 0.15) is 29.3 Å². The van der Waals surface area contributed by atoms with Gasteiger partial charge < -0.3 is 4.74 Å². The van der Waals surface area contributed by atoms with Crippen LogP contribution in [0, 0.1) is 6.92 Å². The van der Waals surface area contributed by atoms with E-state index in [0.29, 0.717) is 11.3 Å². The van der Waals surface area contributed by atoms with E-state index in [1.165, 1.54) is 0 Å². The molecule has 0 radical (unpaired) electrons. The van der Waals surface area contributed by atoms with Crippen molar-refractivity contribution in [3.63, 3.8) is 0 Å². The van der Waals surface area contributed by atoms with Crippen molar-refractivity contribution in [3.05, 3.63) is 35.7 Å². The molecule has 0 saturated heterocycles. The minimum Gasteiger partial charge on any atom is -0.496 e. The summed E-state index contributed by atoms with van der Waals surface area (Å²) in [4.78, 5) is 11.1. The first-order chi connectivity index (χ1) is 9.19. The van der Waals surface area contributed by atoms with Crippen molar-refractivity contribution >= 4 is 6.29 Å². The molecule has 0 atom stereocenters. The van der Waals surface area contributed by atoms with Crippen molar-refractivity contribution in [2.75, 3.05) is 7.11 Å². The van der Waals surface area contributed by atoms with Crippen LogP contribution in [0.25, 0.3) is 11.1 Å². The van der Waals surface area contributed by atoms with Gasteiger partial charge >= 0.3 is 0 Å². The van der Waals surface area contributed by atoms with Gasteiger partial charge in [0.05, 0.1) is 18.9 Å². The Morgan fingerprint density at radius 2 is 2.16 bits per heavy atom. The van der Waals surface area contributed by atoms with Crippen LogP contribution < -0.4 is 4.74 Å². The van der Waals surface area contributed by atoms with Gasteiger partial charge in [0.15, 0.2) is 6.29 Å². The predicted molar refractivity (Wildman–Crippen MR) is 74.6 cm³/mol. The van der Waals surface area contributed by atoms with Gasteiger partial charge in [-0.25, -0.2) is 0 Å². The summed E-state index contributed by atoms with van der Waals surface area (Å²) in [6.45, 7) is 4.95. The molecule has 2 rings (SSSR count). The van der Waals surface area contributed by atoms with Crippen molar-refractivity contribution in [2.24, 2.45) is 0 Å². The van der Waals surface area contributed by atoms with Crippen molar-refractivity contribution in [1.82, 2.24) is 9.78 Å². The second-order valence-corrected chi connectivity index (χ2v) is 4.53. The zero-order valence-corrected chi connectivity index (χ0v) is 11.5. The van der Waals surface area contributed by atoms with Gasteiger partial charge in [-0.2, -0.15) is 5.10 Å². The van der Waals surface area contributed by atoms with Crippen LogP contribution in [-0.4, -0.2) is 23.2 Å². The molecule has 0 aliphatic carbocycles. The molecule has 1 aromatic heterocycles. The van der Waals surface area contributed by atoms with Gasteiger partial charge in [-0.15, -0.1) is 0 Å². The molecule has 100 valence electrons. The summed E-state index contributed by atoms with van der Waals surface area (Å²) in [5.74, 6) is 0.639. The lowest BCUT2D eigenvalue weighted by molar-refractivity contribution is 0.112. The number of hydrogen-bond acceptors (Lipinski definition) is 3. The molecule has 0 unspecified atom stereocenters. The third-order valence-electron chi connectivity index (χ3n) is 3.05. The van der Waals surface area contributed by atoms with E-state index in [2.05, 4.69) is 12.0 Å². The fourth-order valence-corrected chi connectivity index (χ4v) is 2.20. The zero-order valence-electron chi connectivity index (χ0n) is 11.5. The number of aryl methyl sites for hydroxylation is 2. The molecule has 4 heteroatoms. The fourth-order valence-electron chi connectivity index (χ4n) is 2.20. The van der Waals surface area contributed by atoms with Gasteiger partial charge in [0.1, 0.15) is 5.75 Å². The van der Waals surface area contributed by atoms with Crippen molar-refractivity contribution in [3.8, 4) is 16.9 Å². The number of carbonyl (C=O) groups excluding carboxylic acids is 1. The molecule has 1 heterocycles. The molecule has 0 spiro atoms. The van der Waals surface area contributed by atoms with Crippen LogP contribution >= 0.6 is 0 Å². The van der Waals surface area contributed by atoms with E-state index >= 15 is 0 Å². The van der Waals surface area contributed by atoms with Crippen molar-refractivity contribution in [2.45, 2.75) is 26.8 Å². The van der Waals surface area contributed by atoms with Gasteiger partial charge in [0.2, 0.25) is 0 Å². The van der Waals surface area contributed by atoms with Crippen LogP contribution in [0.5, 0.6) is 5.75 Å². The van der Waals surface area contributed by atoms with Crippen molar-refractivity contribution < 1.29 is 9.53 Å². The molecule has 0 aliphatic rings. The summed E-state index contributed by atoms with van der Waals surface area (Å²) in [6, 6.07) is 3.85. The molecule has 2 aromatic rings. The molecule has 0 N–H and O–H groups in total. The standard InChI is InChI=1S/C15H18N2O2/c1-4-5-17-9-14(8-16-17)12-6-11(2)15(19-3)13(7-12)10-18/h6-10H,4-5H2,1-3H3. The van der Waals surface area contributed by atoms with Crippen LogP contribution in [0.3, 0.4) is 0 Å².